The molecule has 4 aromatic rings. The second-order valence-corrected chi connectivity index (χ2v) is 10.2. The fraction of sp³-hybridized carbons (Fsp3) is 0.179. The average Bonchev–Trinajstić information content (AvgIpc) is 3.33. The molecule has 4 amide bonds. The molecule has 2 aliphatic rings. The highest BCUT2D eigenvalue weighted by Crippen LogP contribution is 2.45. The lowest BCUT2D eigenvalue weighted by molar-refractivity contribution is -0.127. The minimum Gasteiger partial charge on any atom is -0.347 e. The van der Waals surface area contributed by atoms with Crippen LogP contribution in [0.2, 0.25) is 0 Å². The maximum atomic E-state index is 13.4. The molecule has 2 N–H and O–H groups in total. The minimum absolute atomic E-state index is 0.146. The zero-order valence-electron chi connectivity index (χ0n) is 20.4. The van der Waals surface area contributed by atoms with Crippen LogP contribution < -0.4 is 15.5 Å². The first-order valence-electron chi connectivity index (χ1n) is 12.3. The molecule has 1 saturated heterocycles. The van der Waals surface area contributed by atoms with Crippen molar-refractivity contribution in [3.05, 3.63) is 78.5 Å². The summed E-state index contributed by atoms with van der Waals surface area (Å²) in [7, 11) is 0. The Morgan fingerprint density at radius 2 is 1.92 bits per heavy atom. The van der Waals surface area contributed by atoms with E-state index in [9.17, 15) is 14.4 Å². The number of likely N-dealkylation sites (tertiary alicyclic amines) is 1. The van der Waals surface area contributed by atoms with E-state index in [0.717, 1.165) is 24.0 Å². The largest absolute Gasteiger partial charge is 0.347 e. The Morgan fingerprint density at radius 3 is 2.74 bits per heavy atom. The molecule has 1 fully saturated rings. The summed E-state index contributed by atoms with van der Waals surface area (Å²) in [6, 6.07) is 14.8. The van der Waals surface area contributed by atoms with Crippen LogP contribution in [0.3, 0.4) is 0 Å². The van der Waals surface area contributed by atoms with Gasteiger partial charge in [0.05, 0.1) is 16.8 Å². The van der Waals surface area contributed by atoms with Crippen LogP contribution >= 0.6 is 11.3 Å². The van der Waals surface area contributed by atoms with Gasteiger partial charge in [-0.3, -0.25) is 9.59 Å². The van der Waals surface area contributed by atoms with E-state index in [1.807, 2.05) is 42.5 Å². The van der Waals surface area contributed by atoms with Gasteiger partial charge in [0, 0.05) is 31.5 Å². The molecule has 0 bridgehead atoms. The molecule has 190 valence electrons. The quantitative estimate of drug-likeness (QED) is 0.359. The summed E-state index contributed by atoms with van der Waals surface area (Å²) in [6.07, 6.45) is 6.15. The van der Waals surface area contributed by atoms with Gasteiger partial charge in [-0.1, -0.05) is 36.9 Å². The summed E-state index contributed by atoms with van der Waals surface area (Å²) < 4.78 is 0. The molecule has 1 atom stereocenters. The normalized spacial score (nSPS) is 16.7. The first kappa shape index (κ1) is 23.8. The predicted molar refractivity (Wildman–Crippen MR) is 148 cm³/mol. The molecule has 0 saturated carbocycles. The Labute approximate surface area is 222 Å². The number of benzene rings is 1. The van der Waals surface area contributed by atoms with E-state index in [1.54, 1.807) is 23.4 Å². The second kappa shape index (κ2) is 9.71. The van der Waals surface area contributed by atoms with Crippen molar-refractivity contribution < 1.29 is 14.4 Å². The van der Waals surface area contributed by atoms with Gasteiger partial charge in [0.25, 0.3) is 5.91 Å². The highest BCUT2D eigenvalue weighted by Gasteiger charge is 2.34. The molecule has 2 aliphatic heterocycles. The minimum atomic E-state index is -0.407. The van der Waals surface area contributed by atoms with E-state index in [-0.39, 0.29) is 17.9 Å². The average molecular weight is 525 g/mol. The molecular formula is C28H24N6O3S. The fourth-order valence-corrected chi connectivity index (χ4v) is 6.02. The standard InChI is InChI=1S/C28H24N6O3S/c1-2-22(35)33-14-6-9-19(16-33)31-26(36)25-24-23-20(11-13-30-27(23)38-25)34(28(37)32-24)21-15-18(10-12-29-21)17-7-4-3-5-8-17/h2-5,7-8,10-13,15,19H,1,6,9,14,16H2,(H,31,36)(H,32,37)/t19-/m1/s1. The van der Waals surface area contributed by atoms with E-state index < -0.39 is 6.03 Å². The monoisotopic (exact) mass is 524 g/mol. The molecule has 10 heteroatoms. The van der Waals surface area contributed by atoms with Gasteiger partial charge in [-0.15, -0.1) is 11.3 Å². The highest BCUT2D eigenvalue weighted by molar-refractivity contribution is 7.21. The van der Waals surface area contributed by atoms with Gasteiger partial charge >= 0.3 is 6.03 Å². The SMILES string of the molecule is C=CC(=O)N1CCC[C@@H](NC(=O)c2sc3nccc4c3c2NC(=O)N4c2cc(-c3ccccc3)ccn2)C1. The van der Waals surface area contributed by atoms with Crippen molar-refractivity contribution in [2.45, 2.75) is 18.9 Å². The number of nitrogens with zero attached hydrogens (tertiary/aromatic N) is 4. The lowest BCUT2D eigenvalue weighted by Gasteiger charge is -2.32. The lowest BCUT2D eigenvalue weighted by atomic mass is 10.1. The Morgan fingerprint density at radius 1 is 1.11 bits per heavy atom. The number of piperidine rings is 1. The van der Waals surface area contributed by atoms with Crippen LogP contribution in [0.4, 0.5) is 22.0 Å². The first-order valence-corrected chi connectivity index (χ1v) is 13.1. The lowest BCUT2D eigenvalue weighted by Crippen LogP contribution is -2.49. The van der Waals surface area contributed by atoms with Crippen molar-refractivity contribution in [3.8, 4) is 11.1 Å². The third-order valence-corrected chi connectivity index (χ3v) is 7.87. The predicted octanol–water partition coefficient (Wildman–Crippen LogP) is 4.95. The summed E-state index contributed by atoms with van der Waals surface area (Å²) in [6.45, 7) is 4.62. The maximum absolute atomic E-state index is 13.4. The van der Waals surface area contributed by atoms with Gasteiger partial charge < -0.3 is 15.5 Å². The third-order valence-electron chi connectivity index (χ3n) is 6.78. The summed E-state index contributed by atoms with van der Waals surface area (Å²) in [4.78, 5) is 52.0. The van der Waals surface area contributed by atoms with Crippen molar-refractivity contribution >= 4 is 56.6 Å². The maximum Gasteiger partial charge on any atom is 0.332 e. The van der Waals surface area contributed by atoms with Crippen molar-refractivity contribution in [1.82, 2.24) is 20.2 Å². The van der Waals surface area contributed by atoms with Crippen LogP contribution in [0.15, 0.2) is 73.6 Å². The van der Waals surface area contributed by atoms with Crippen molar-refractivity contribution in [1.29, 1.82) is 0 Å². The number of pyridine rings is 2. The molecule has 38 heavy (non-hydrogen) atoms. The number of urea groups is 1. The molecule has 0 radical (unpaired) electrons. The summed E-state index contributed by atoms with van der Waals surface area (Å²) in [5.74, 6) is 0.0187. The number of carbonyl (C=O) groups is 3. The molecule has 0 spiro atoms. The van der Waals surface area contributed by atoms with E-state index in [0.29, 0.717) is 45.4 Å². The van der Waals surface area contributed by atoms with Crippen LogP contribution in [-0.2, 0) is 4.79 Å². The number of carbonyl (C=O) groups excluding carboxylic acids is 3. The molecular weight excluding hydrogens is 500 g/mol. The number of rotatable bonds is 5. The number of hydrogen-bond acceptors (Lipinski definition) is 6. The van der Waals surface area contributed by atoms with E-state index in [4.69, 9.17) is 0 Å². The third kappa shape index (κ3) is 4.18. The van der Waals surface area contributed by atoms with Crippen LogP contribution in [0, 0.1) is 0 Å². The summed E-state index contributed by atoms with van der Waals surface area (Å²) >= 11 is 1.23. The highest BCUT2D eigenvalue weighted by atomic mass is 32.1. The van der Waals surface area contributed by atoms with Gasteiger partial charge in [-0.05, 0) is 48.2 Å². The summed E-state index contributed by atoms with van der Waals surface area (Å²) in [5.41, 5.74) is 3.00. The van der Waals surface area contributed by atoms with E-state index in [1.165, 1.54) is 22.3 Å². The van der Waals surface area contributed by atoms with E-state index >= 15 is 0 Å². The van der Waals surface area contributed by atoms with Crippen molar-refractivity contribution in [2.24, 2.45) is 0 Å². The Bertz CT molecular complexity index is 1580. The molecule has 5 heterocycles. The van der Waals surface area contributed by atoms with Crippen LogP contribution in [-0.4, -0.2) is 51.8 Å². The molecule has 0 aliphatic carbocycles. The smallest absolute Gasteiger partial charge is 0.332 e. The van der Waals surface area contributed by atoms with E-state index in [2.05, 4.69) is 27.2 Å². The van der Waals surface area contributed by atoms with Crippen LogP contribution in [0.5, 0.6) is 0 Å². The van der Waals surface area contributed by atoms with Gasteiger partial charge in [0.1, 0.15) is 15.5 Å². The Balaban J connectivity index is 1.33. The Hall–Kier alpha value is -4.57. The zero-order valence-corrected chi connectivity index (χ0v) is 21.2. The fourth-order valence-electron chi connectivity index (χ4n) is 5.00. The molecule has 1 aromatic carbocycles. The Kier molecular flexibility index (Phi) is 6.09. The second-order valence-electron chi connectivity index (χ2n) is 9.15. The number of amides is 4. The topological polar surface area (TPSA) is 108 Å². The van der Waals surface area contributed by atoms with Crippen LogP contribution in [0.1, 0.15) is 22.5 Å². The van der Waals surface area contributed by atoms with Crippen molar-refractivity contribution in [3.63, 3.8) is 0 Å². The van der Waals surface area contributed by atoms with Gasteiger partial charge in [-0.25, -0.2) is 19.7 Å². The number of anilines is 3. The number of nitrogens with one attached hydrogen (secondary N) is 2. The van der Waals surface area contributed by atoms with Gasteiger partial charge in [0.15, 0.2) is 0 Å². The number of aromatic nitrogens is 2. The first-order chi connectivity index (χ1) is 18.5. The molecule has 9 nitrogen and oxygen atoms in total. The molecule has 3 aromatic heterocycles. The van der Waals surface area contributed by atoms with Crippen LogP contribution in [0.25, 0.3) is 21.3 Å². The number of hydrogen-bond donors (Lipinski definition) is 2. The van der Waals surface area contributed by atoms with Gasteiger partial charge in [-0.2, -0.15) is 0 Å². The zero-order chi connectivity index (χ0) is 26.2. The van der Waals surface area contributed by atoms with Crippen molar-refractivity contribution in [2.75, 3.05) is 23.3 Å². The van der Waals surface area contributed by atoms with Gasteiger partial charge in [0.2, 0.25) is 5.91 Å². The molecule has 0 unspecified atom stereocenters. The number of thiophene rings is 1. The summed E-state index contributed by atoms with van der Waals surface area (Å²) in [5, 5.41) is 6.65. The molecule has 6 rings (SSSR count).